The Kier molecular flexibility index (Phi) is 5.81. The molecule has 0 spiro atoms. The van der Waals surface area contributed by atoms with Gasteiger partial charge in [0.05, 0.1) is 27.9 Å². The lowest BCUT2D eigenvalue weighted by Crippen LogP contribution is -2.08. The molecule has 0 atom stereocenters. The van der Waals surface area contributed by atoms with E-state index < -0.39 is 21.7 Å². The van der Waals surface area contributed by atoms with Crippen LogP contribution in [0.4, 0.5) is 13.2 Å². The predicted molar refractivity (Wildman–Crippen MR) is 106 cm³/mol. The molecule has 29 heavy (non-hydrogen) atoms. The molecule has 0 aliphatic heterocycles. The molecule has 3 aromatic rings. The number of nitrogens with zero attached hydrogens (tertiary/aromatic N) is 3. The molecule has 6 nitrogen and oxygen atoms in total. The molecule has 2 aromatic heterocycles. The molecule has 0 unspecified atom stereocenters. The van der Waals surface area contributed by atoms with Crippen molar-refractivity contribution in [3.8, 4) is 17.1 Å². The molecule has 156 valence electrons. The number of imidazole rings is 1. The summed E-state index contributed by atoms with van der Waals surface area (Å²) < 4.78 is 71.3. The van der Waals surface area contributed by atoms with Gasteiger partial charge in [0, 0.05) is 12.6 Å². The minimum atomic E-state index is -4.60. The second kappa shape index (κ2) is 7.86. The highest BCUT2D eigenvalue weighted by atomic mass is 32.2. The van der Waals surface area contributed by atoms with E-state index >= 15 is 0 Å². The number of aryl methyl sites for hydroxylation is 1. The van der Waals surface area contributed by atoms with E-state index in [1.165, 1.54) is 29.3 Å². The number of sulfone groups is 1. The zero-order chi connectivity index (χ0) is 21.4. The summed E-state index contributed by atoms with van der Waals surface area (Å²) in [6, 6.07) is 5.43. The molecule has 0 saturated carbocycles. The Balaban J connectivity index is 2.21. The normalized spacial score (nSPS) is 12.5. The lowest BCUT2D eigenvalue weighted by Gasteiger charge is -2.12. The molecule has 2 heterocycles. The largest absolute Gasteiger partial charge is 0.483 e. The Labute approximate surface area is 170 Å². The molecule has 0 aliphatic carbocycles. The summed E-state index contributed by atoms with van der Waals surface area (Å²) in [5, 5.41) is 0. The lowest BCUT2D eigenvalue weighted by atomic mass is 10.2. The molecule has 3 rings (SSSR count). The van der Waals surface area contributed by atoms with E-state index in [0.29, 0.717) is 17.2 Å². The number of alkyl halides is 3. The van der Waals surface area contributed by atoms with Gasteiger partial charge in [0.1, 0.15) is 23.2 Å². The lowest BCUT2D eigenvalue weighted by molar-refractivity contribution is -0.141. The van der Waals surface area contributed by atoms with Crippen molar-refractivity contribution in [2.45, 2.75) is 18.0 Å². The fourth-order valence-electron chi connectivity index (χ4n) is 2.80. The average Bonchev–Trinajstić information content (AvgIpc) is 3.01. The topological polar surface area (TPSA) is 74.1 Å². The predicted octanol–water partition coefficient (Wildman–Crippen LogP) is 4.15. The summed E-state index contributed by atoms with van der Waals surface area (Å²) in [6.07, 6.45) is -1.67. The number of rotatable bonds is 6. The number of fused-ring (bicyclic) bond motifs is 1. The van der Waals surface area contributed by atoms with Gasteiger partial charge in [-0.05, 0) is 30.5 Å². The quantitative estimate of drug-likeness (QED) is 0.531. The van der Waals surface area contributed by atoms with E-state index in [2.05, 4.69) is 9.97 Å². The molecule has 11 heteroatoms. The van der Waals surface area contributed by atoms with E-state index in [-0.39, 0.29) is 27.6 Å². The van der Waals surface area contributed by atoms with Crippen LogP contribution in [0.2, 0.25) is 0 Å². The van der Waals surface area contributed by atoms with Gasteiger partial charge in [-0.2, -0.15) is 13.2 Å². The Bertz CT molecular complexity index is 1160. The van der Waals surface area contributed by atoms with E-state index in [1.54, 1.807) is 19.2 Å². The summed E-state index contributed by atoms with van der Waals surface area (Å²) in [5.74, 6) is 0.818. The molecular formula is C18H18F3N3O3S2. The Morgan fingerprint density at radius 2 is 1.97 bits per heavy atom. The summed E-state index contributed by atoms with van der Waals surface area (Å²) in [7, 11) is -2.05. The van der Waals surface area contributed by atoms with Crippen molar-refractivity contribution in [3.05, 3.63) is 36.2 Å². The first-order chi connectivity index (χ1) is 13.6. The fourth-order valence-corrected chi connectivity index (χ4v) is 4.16. The number of thioether (sulfide) groups is 1. The van der Waals surface area contributed by atoms with Crippen LogP contribution in [0.1, 0.15) is 12.6 Å². The molecule has 0 amide bonds. The first-order valence-electron chi connectivity index (χ1n) is 8.47. The molecule has 0 bridgehead atoms. The Morgan fingerprint density at radius 3 is 2.59 bits per heavy atom. The maximum Gasteiger partial charge on any atom is 0.433 e. The highest BCUT2D eigenvalue weighted by Crippen LogP contribution is 2.34. The van der Waals surface area contributed by atoms with Crippen LogP contribution >= 0.6 is 11.8 Å². The Morgan fingerprint density at radius 1 is 1.24 bits per heavy atom. The van der Waals surface area contributed by atoms with Crippen LogP contribution in [-0.4, -0.2) is 40.9 Å². The molecule has 0 aliphatic rings. The minimum absolute atomic E-state index is 0.0148. The number of hydrogen-bond acceptors (Lipinski definition) is 6. The number of halogens is 3. The number of ether oxygens (including phenoxy) is 1. The molecular weight excluding hydrogens is 427 g/mol. The van der Waals surface area contributed by atoms with Crippen LogP contribution in [0.5, 0.6) is 5.75 Å². The fraction of sp³-hybridized carbons (Fsp3) is 0.333. The molecule has 0 radical (unpaired) electrons. The second-order valence-corrected chi connectivity index (χ2v) is 9.22. The van der Waals surface area contributed by atoms with Gasteiger partial charge in [-0.1, -0.05) is 6.92 Å². The highest BCUT2D eigenvalue weighted by Gasteiger charge is 2.33. The van der Waals surface area contributed by atoms with Crippen molar-refractivity contribution < 1.29 is 26.3 Å². The van der Waals surface area contributed by atoms with Gasteiger partial charge in [-0.15, -0.1) is 11.8 Å². The van der Waals surface area contributed by atoms with E-state index in [0.717, 1.165) is 12.3 Å². The monoisotopic (exact) mass is 445 g/mol. The molecule has 0 saturated heterocycles. The van der Waals surface area contributed by atoms with Crippen LogP contribution in [0.3, 0.4) is 0 Å². The standard InChI is InChI=1S/C18H18F3N3O3S2/c1-4-29(25,26)15-7-11(27-10-28-3)5-6-12(15)17-23-13-8-16(18(19,20)21)22-9-14(13)24(17)2/h5-9H,4,10H2,1-3H3. The van der Waals surface area contributed by atoms with Crippen LogP contribution in [0.25, 0.3) is 22.4 Å². The molecule has 0 fully saturated rings. The van der Waals surface area contributed by atoms with Gasteiger partial charge >= 0.3 is 6.18 Å². The van der Waals surface area contributed by atoms with Crippen molar-refractivity contribution in [3.63, 3.8) is 0 Å². The van der Waals surface area contributed by atoms with Crippen molar-refractivity contribution in [2.75, 3.05) is 17.9 Å². The third-order valence-electron chi connectivity index (χ3n) is 4.31. The maximum atomic E-state index is 13.0. The molecule has 0 N–H and O–H groups in total. The van der Waals surface area contributed by atoms with E-state index in [4.69, 9.17) is 4.74 Å². The molecule has 1 aromatic carbocycles. The summed E-state index contributed by atoms with van der Waals surface area (Å²) >= 11 is 1.44. The summed E-state index contributed by atoms with van der Waals surface area (Å²) in [4.78, 5) is 7.74. The van der Waals surface area contributed by atoms with Gasteiger partial charge in [0.2, 0.25) is 0 Å². The number of benzene rings is 1. The van der Waals surface area contributed by atoms with Crippen LogP contribution in [-0.2, 0) is 23.1 Å². The van der Waals surface area contributed by atoms with E-state index in [1.807, 2.05) is 6.26 Å². The van der Waals surface area contributed by atoms with Crippen molar-refractivity contribution >= 4 is 32.6 Å². The highest BCUT2D eigenvalue weighted by molar-refractivity contribution is 7.98. The Hall–Kier alpha value is -2.27. The van der Waals surface area contributed by atoms with Gasteiger partial charge in [-0.3, -0.25) is 0 Å². The van der Waals surface area contributed by atoms with Crippen LogP contribution in [0, 0.1) is 0 Å². The third-order valence-corrected chi connectivity index (χ3v) is 6.43. The first-order valence-corrected chi connectivity index (χ1v) is 11.5. The van der Waals surface area contributed by atoms with Crippen molar-refractivity contribution in [1.82, 2.24) is 14.5 Å². The van der Waals surface area contributed by atoms with Gasteiger partial charge in [0.15, 0.2) is 9.84 Å². The second-order valence-electron chi connectivity index (χ2n) is 6.16. The van der Waals surface area contributed by atoms with Gasteiger partial charge in [0.25, 0.3) is 0 Å². The van der Waals surface area contributed by atoms with Crippen molar-refractivity contribution in [1.29, 1.82) is 0 Å². The zero-order valence-electron chi connectivity index (χ0n) is 15.8. The summed E-state index contributed by atoms with van der Waals surface area (Å²) in [6.45, 7) is 1.52. The minimum Gasteiger partial charge on any atom is -0.483 e. The van der Waals surface area contributed by atoms with Gasteiger partial charge in [-0.25, -0.2) is 18.4 Å². The average molecular weight is 445 g/mol. The van der Waals surface area contributed by atoms with Crippen LogP contribution in [0.15, 0.2) is 35.4 Å². The zero-order valence-corrected chi connectivity index (χ0v) is 17.5. The number of aromatic nitrogens is 3. The SMILES string of the molecule is CCS(=O)(=O)c1cc(OCSC)ccc1-c1nc2cc(C(F)(F)F)ncc2n1C. The third kappa shape index (κ3) is 4.20. The van der Waals surface area contributed by atoms with Crippen LogP contribution < -0.4 is 4.74 Å². The number of hydrogen-bond donors (Lipinski definition) is 0. The first kappa shape index (κ1) is 21.4. The smallest absolute Gasteiger partial charge is 0.433 e. The van der Waals surface area contributed by atoms with Gasteiger partial charge < -0.3 is 9.30 Å². The summed E-state index contributed by atoms with van der Waals surface area (Å²) in [5.41, 5.74) is -0.338. The van der Waals surface area contributed by atoms with E-state index in [9.17, 15) is 21.6 Å². The maximum absolute atomic E-state index is 13.0. The number of pyridine rings is 1. The van der Waals surface area contributed by atoms with Crippen molar-refractivity contribution in [2.24, 2.45) is 7.05 Å².